The monoisotopic (exact) mass is 248 g/mol. The van der Waals surface area contributed by atoms with Gasteiger partial charge in [0, 0.05) is 0 Å². The van der Waals surface area contributed by atoms with Gasteiger partial charge in [0.25, 0.3) is 0 Å². The average molecular weight is 248 g/mol. The molecule has 0 atom stereocenters. The number of hydrogen-bond acceptors (Lipinski definition) is 1. The number of carbonyl (C=O) groups is 1. The molecule has 1 aromatic rings. The highest BCUT2D eigenvalue weighted by atomic mass is 16.4. The van der Waals surface area contributed by atoms with Crippen LogP contribution in [0.5, 0.6) is 0 Å². The van der Waals surface area contributed by atoms with Gasteiger partial charge in [-0.1, -0.05) is 31.5 Å². The molecule has 100 valence electrons. The van der Waals surface area contributed by atoms with E-state index in [4.69, 9.17) is 0 Å². The van der Waals surface area contributed by atoms with Gasteiger partial charge in [-0.3, -0.25) is 4.79 Å². The normalized spacial score (nSPS) is 11.6. The maximum absolute atomic E-state index is 11.6. The van der Waals surface area contributed by atoms with Crippen LogP contribution in [0.3, 0.4) is 0 Å². The summed E-state index contributed by atoms with van der Waals surface area (Å²) in [4.78, 5) is 11.6. The molecule has 0 unspecified atom stereocenters. The fraction of sp³-hybridized carbons (Fsp3) is 0.562. The summed E-state index contributed by atoms with van der Waals surface area (Å²) in [5, 5.41) is 9.52. The number of carboxylic acid groups (broad SMARTS) is 1. The molecule has 1 rings (SSSR count). The molecule has 0 radical (unpaired) electrons. The number of carboxylic acids is 1. The van der Waals surface area contributed by atoms with E-state index in [0.29, 0.717) is 19.3 Å². The van der Waals surface area contributed by atoms with Gasteiger partial charge in [-0.05, 0) is 56.7 Å². The molecular formula is C16H24O2. The fourth-order valence-corrected chi connectivity index (χ4v) is 2.71. The van der Waals surface area contributed by atoms with Crippen molar-refractivity contribution in [2.45, 2.75) is 53.9 Å². The smallest absolute Gasteiger partial charge is 0.309 e. The van der Waals surface area contributed by atoms with Gasteiger partial charge in [-0.15, -0.1) is 0 Å². The topological polar surface area (TPSA) is 37.3 Å². The minimum absolute atomic E-state index is 0.620. The Morgan fingerprint density at radius 3 is 1.89 bits per heavy atom. The Labute approximate surface area is 110 Å². The van der Waals surface area contributed by atoms with Crippen molar-refractivity contribution >= 4 is 5.97 Å². The second kappa shape index (κ2) is 5.55. The van der Waals surface area contributed by atoms with Crippen LogP contribution in [-0.4, -0.2) is 11.1 Å². The molecule has 18 heavy (non-hydrogen) atoms. The van der Waals surface area contributed by atoms with E-state index in [2.05, 4.69) is 32.9 Å². The number of rotatable bonds is 5. The summed E-state index contributed by atoms with van der Waals surface area (Å²) >= 11 is 0. The second-order valence-corrected chi connectivity index (χ2v) is 5.35. The van der Waals surface area contributed by atoms with Crippen molar-refractivity contribution in [3.8, 4) is 0 Å². The van der Waals surface area contributed by atoms with Gasteiger partial charge in [0.1, 0.15) is 0 Å². The Morgan fingerprint density at radius 1 is 1.11 bits per heavy atom. The zero-order chi connectivity index (χ0) is 13.9. The molecule has 0 aromatic heterocycles. The highest BCUT2D eigenvalue weighted by Gasteiger charge is 2.35. The predicted octanol–water partition coefficient (Wildman–Crippen LogP) is 4.05. The van der Waals surface area contributed by atoms with Gasteiger partial charge < -0.3 is 5.11 Å². The van der Waals surface area contributed by atoms with E-state index >= 15 is 0 Å². The zero-order valence-corrected chi connectivity index (χ0v) is 12.1. The number of hydrogen-bond donors (Lipinski definition) is 1. The van der Waals surface area contributed by atoms with Crippen LogP contribution in [-0.2, 0) is 11.2 Å². The molecule has 0 bridgehead atoms. The first-order chi connectivity index (χ1) is 8.36. The van der Waals surface area contributed by atoms with E-state index in [0.717, 1.165) is 0 Å². The summed E-state index contributed by atoms with van der Waals surface area (Å²) in [7, 11) is 0. The first-order valence-electron chi connectivity index (χ1n) is 6.66. The second-order valence-electron chi connectivity index (χ2n) is 5.35. The highest BCUT2D eigenvalue weighted by Crippen LogP contribution is 2.33. The number of aliphatic carboxylic acids is 1. The molecule has 1 N–H and O–H groups in total. The lowest BCUT2D eigenvalue weighted by Gasteiger charge is -2.28. The molecule has 0 heterocycles. The summed E-state index contributed by atoms with van der Waals surface area (Å²) in [5.41, 5.74) is 4.24. The van der Waals surface area contributed by atoms with Gasteiger partial charge in [0.15, 0.2) is 0 Å². The molecule has 0 saturated carbocycles. The molecule has 0 spiro atoms. The summed E-state index contributed by atoms with van der Waals surface area (Å²) < 4.78 is 0. The van der Waals surface area contributed by atoms with E-state index in [1.807, 2.05) is 13.8 Å². The van der Waals surface area contributed by atoms with E-state index < -0.39 is 11.4 Å². The van der Waals surface area contributed by atoms with Crippen LogP contribution in [0.15, 0.2) is 12.1 Å². The minimum atomic E-state index is -0.674. The third-order valence-electron chi connectivity index (χ3n) is 4.16. The van der Waals surface area contributed by atoms with Crippen molar-refractivity contribution < 1.29 is 9.90 Å². The Kier molecular flexibility index (Phi) is 4.55. The van der Waals surface area contributed by atoms with Gasteiger partial charge in [-0.2, -0.15) is 0 Å². The Morgan fingerprint density at radius 2 is 1.56 bits per heavy atom. The molecule has 1 aromatic carbocycles. The third-order valence-corrected chi connectivity index (χ3v) is 4.16. The minimum Gasteiger partial charge on any atom is -0.481 e. The van der Waals surface area contributed by atoms with E-state index in [1.54, 1.807) is 0 Å². The molecule has 0 saturated heterocycles. The first-order valence-corrected chi connectivity index (χ1v) is 6.66. The lowest BCUT2D eigenvalue weighted by Crippen LogP contribution is -2.32. The Hall–Kier alpha value is -1.31. The molecular weight excluding hydrogens is 224 g/mol. The molecule has 0 aliphatic rings. The summed E-state index contributed by atoms with van der Waals surface area (Å²) in [6.45, 7) is 10.2. The van der Waals surface area contributed by atoms with Crippen LogP contribution in [0.2, 0.25) is 0 Å². The fourth-order valence-electron chi connectivity index (χ4n) is 2.71. The first kappa shape index (κ1) is 14.7. The van der Waals surface area contributed by atoms with E-state index in [1.165, 1.54) is 22.3 Å². The molecule has 2 heteroatoms. The standard InChI is InChI=1S/C16H24O2/c1-6-16(7-2,15(17)18)10-14-12(4)8-11(3)9-13(14)5/h8-9H,6-7,10H2,1-5H3,(H,17,18). The average Bonchev–Trinajstić information content (AvgIpc) is 2.28. The molecule has 2 nitrogen and oxygen atoms in total. The number of benzene rings is 1. The highest BCUT2D eigenvalue weighted by molar-refractivity contribution is 5.75. The van der Waals surface area contributed by atoms with Crippen LogP contribution in [0.4, 0.5) is 0 Å². The Bertz CT molecular complexity index is 419. The zero-order valence-electron chi connectivity index (χ0n) is 12.1. The SMILES string of the molecule is CCC(CC)(Cc1c(C)cc(C)cc1C)C(=O)O. The van der Waals surface area contributed by atoms with Crippen molar-refractivity contribution in [3.63, 3.8) is 0 Å². The van der Waals surface area contributed by atoms with Crippen molar-refractivity contribution in [2.24, 2.45) is 5.41 Å². The van der Waals surface area contributed by atoms with Crippen molar-refractivity contribution in [1.29, 1.82) is 0 Å². The van der Waals surface area contributed by atoms with Crippen molar-refractivity contribution in [1.82, 2.24) is 0 Å². The van der Waals surface area contributed by atoms with Gasteiger partial charge >= 0.3 is 5.97 Å². The molecule has 0 aliphatic heterocycles. The van der Waals surface area contributed by atoms with Gasteiger partial charge in [0.05, 0.1) is 5.41 Å². The largest absolute Gasteiger partial charge is 0.481 e. The van der Waals surface area contributed by atoms with Crippen LogP contribution in [0.1, 0.15) is 48.9 Å². The van der Waals surface area contributed by atoms with Crippen LogP contribution in [0.25, 0.3) is 0 Å². The maximum Gasteiger partial charge on any atom is 0.309 e. The van der Waals surface area contributed by atoms with Gasteiger partial charge in [0.2, 0.25) is 0 Å². The summed E-state index contributed by atoms with van der Waals surface area (Å²) in [5.74, 6) is -0.674. The van der Waals surface area contributed by atoms with Crippen molar-refractivity contribution in [2.75, 3.05) is 0 Å². The quantitative estimate of drug-likeness (QED) is 0.853. The molecule has 0 amide bonds. The predicted molar refractivity (Wildman–Crippen MR) is 75.0 cm³/mol. The van der Waals surface area contributed by atoms with Crippen molar-refractivity contribution in [3.05, 3.63) is 34.4 Å². The van der Waals surface area contributed by atoms with Gasteiger partial charge in [-0.25, -0.2) is 0 Å². The molecule has 0 fully saturated rings. The summed E-state index contributed by atoms with van der Waals surface area (Å²) in [6.07, 6.45) is 1.98. The maximum atomic E-state index is 11.6. The third kappa shape index (κ3) is 2.74. The number of aryl methyl sites for hydroxylation is 3. The van der Waals surface area contributed by atoms with E-state index in [9.17, 15) is 9.90 Å². The lowest BCUT2D eigenvalue weighted by atomic mass is 9.75. The summed E-state index contributed by atoms with van der Waals surface area (Å²) in [6, 6.07) is 4.28. The van der Waals surface area contributed by atoms with Crippen LogP contribution >= 0.6 is 0 Å². The van der Waals surface area contributed by atoms with E-state index in [-0.39, 0.29) is 0 Å². The molecule has 0 aliphatic carbocycles. The van der Waals surface area contributed by atoms with Crippen LogP contribution < -0.4 is 0 Å². The lowest BCUT2D eigenvalue weighted by molar-refractivity contribution is -0.149. The van der Waals surface area contributed by atoms with Crippen LogP contribution in [0, 0.1) is 26.2 Å². The Balaban J connectivity index is 3.20.